The van der Waals surface area contributed by atoms with E-state index in [1.165, 1.54) is 6.33 Å². The average Bonchev–Trinajstić information content (AvgIpc) is 3.19. The summed E-state index contributed by atoms with van der Waals surface area (Å²) in [7, 11) is 1.98. The number of imidazole rings is 1. The van der Waals surface area contributed by atoms with Gasteiger partial charge in [-0.2, -0.15) is 0 Å². The molecule has 5 rings (SSSR count). The lowest BCUT2D eigenvalue weighted by Gasteiger charge is -2.12. The topological polar surface area (TPSA) is 82.5 Å². The number of fused-ring (bicyclic) bond motifs is 1. The molecule has 0 unspecified atom stereocenters. The number of aryl methyl sites for hydroxylation is 1. The number of hydrogen-bond acceptors (Lipinski definition) is 5. The van der Waals surface area contributed by atoms with E-state index < -0.39 is 0 Å². The van der Waals surface area contributed by atoms with Gasteiger partial charge in [0, 0.05) is 35.0 Å². The van der Waals surface area contributed by atoms with Crippen molar-refractivity contribution in [1.82, 2.24) is 24.5 Å². The zero-order valence-electron chi connectivity index (χ0n) is 17.3. The summed E-state index contributed by atoms with van der Waals surface area (Å²) in [5.74, 6) is 1.34. The molecule has 0 radical (unpaired) electrons. The number of benzene rings is 2. The Kier molecular flexibility index (Phi) is 8.80. The summed E-state index contributed by atoms with van der Waals surface area (Å²) in [6.07, 6.45) is 5.17. The molecule has 2 N–H and O–H groups in total. The molecule has 6 nitrogen and oxygen atoms in total. The molecule has 0 saturated carbocycles. The Bertz CT molecular complexity index is 1390. The third kappa shape index (κ3) is 5.12. The fraction of sp³-hybridized carbons (Fsp3) is 0.0435. The van der Waals surface area contributed by atoms with Crippen LogP contribution in [-0.2, 0) is 7.05 Å². The van der Waals surface area contributed by atoms with Gasteiger partial charge in [0.15, 0.2) is 5.65 Å². The molecule has 0 saturated heterocycles. The highest BCUT2D eigenvalue weighted by atomic mass is 79.9. The molecule has 0 amide bonds. The maximum atomic E-state index is 6.20. The molecule has 10 heteroatoms. The maximum Gasteiger partial charge on any atom is 0.165 e. The fourth-order valence-corrected chi connectivity index (χ4v) is 3.95. The van der Waals surface area contributed by atoms with E-state index >= 15 is 0 Å². The Hall–Kier alpha value is -2.71. The number of nitrogens with two attached hydrogens (primary N) is 1. The van der Waals surface area contributed by atoms with Crippen molar-refractivity contribution < 1.29 is 0 Å². The monoisotopic (exact) mass is 564 g/mol. The van der Waals surface area contributed by atoms with Crippen molar-refractivity contribution in [3.63, 3.8) is 0 Å². The molecule has 170 valence electrons. The summed E-state index contributed by atoms with van der Waals surface area (Å²) in [4.78, 5) is 17.7. The predicted molar refractivity (Wildman–Crippen MR) is 144 cm³/mol. The molecule has 0 bridgehead atoms. The molecule has 0 aliphatic heterocycles. The van der Waals surface area contributed by atoms with E-state index in [9.17, 15) is 0 Å². The van der Waals surface area contributed by atoms with Crippen molar-refractivity contribution in [3.8, 4) is 33.8 Å². The first-order chi connectivity index (χ1) is 14.6. The van der Waals surface area contributed by atoms with E-state index in [0.717, 1.165) is 43.6 Å². The predicted octanol–water partition coefficient (Wildman–Crippen LogP) is 6.37. The highest BCUT2D eigenvalue weighted by Crippen LogP contribution is 2.35. The van der Waals surface area contributed by atoms with E-state index in [0.29, 0.717) is 11.5 Å². The van der Waals surface area contributed by atoms with Gasteiger partial charge in [-0.3, -0.25) is 0 Å². The molecule has 0 fully saturated rings. The second-order valence-electron chi connectivity index (χ2n) is 6.96. The smallest absolute Gasteiger partial charge is 0.165 e. The van der Waals surface area contributed by atoms with Crippen molar-refractivity contribution in [1.29, 1.82) is 0 Å². The summed E-state index contributed by atoms with van der Waals surface area (Å²) >= 11 is 3.55. The fourth-order valence-electron chi connectivity index (χ4n) is 3.55. The minimum Gasteiger partial charge on any atom is -0.383 e. The number of pyridine rings is 1. The summed E-state index contributed by atoms with van der Waals surface area (Å²) in [6, 6.07) is 18.3. The van der Waals surface area contributed by atoms with Crippen LogP contribution in [0.25, 0.3) is 44.8 Å². The highest BCUT2D eigenvalue weighted by molar-refractivity contribution is 9.10. The van der Waals surface area contributed by atoms with Crippen LogP contribution in [0.3, 0.4) is 0 Å². The molecule has 2 aromatic carbocycles. The van der Waals surface area contributed by atoms with Gasteiger partial charge >= 0.3 is 0 Å². The van der Waals surface area contributed by atoms with Gasteiger partial charge in [-0.05, 0) is 29.3 Å². The number of nitrogen functional groups attached to an aromatic ring is 1. The standard InChI is InChI=1S/C23H17BrN6.3ClH/c1-30-10-9-26-23(30)15-7-5-14(6-8-15)19-12-18(16-3-2-4-17(24)11-16)20-21(25)27-13-28-22(20)29-19;;;/h2-13H,1H3,(H2,25,27,28,29);3*1H. The molecule has 0 spiro atoms. The van der Waals surface area contributed by atoms with Crippen LogP contribution in [0.1, 0.15) is 0 Å². The average molecular weight is 567 g/mol. The number of anilines is 1. The molecule has 5 aromatic rings. The number of aromatic nitrogens is 5. The molecule has 0 aliphatic carbocycles. The number of rotatable bonds is 3. The van der Waals surface area contributed by atoms with E-state index in [2.05, 4.69) is 49.1 Å². The van der Waals surface area contributed by atoms with E-state index in [1.807, 2.05) is 54.2 Å². The van der Waals surface area contributed by atoms with Crippen molar-refractivity contribution in [3.05, 3.63) is 77.8 Å². The minimum absolute atomic E-state index is 0. The molecule has 0 atom stereocenters. The quantitative estimate of drug-likeness (QED) is 0.274. The Morgan fingerprint density at radius 2 is 1.58 bits per heavy atom. The van der Waals surface area contributed by atoms with Crippen molar-refractivity contribution in [2.24, 2.45) is 7.05 Å². The molecule has 3 heterocycles. The molecule has 0 aliphatic rings. The van der Waals surface area contributed by atoms with E-state index in [1.54, 1.807) is 6.20 Å². The second-order valence-corrected chi connectivity index (χ2v) is 7.88. The van der Waals surface area contributed by atoms with Gasteiger partial charge in [-0.15, -0.1) is 37.2 Å². The second kappa shape index (κ2) is 10.9. The van der Waals surface area contributed by atoms with Gasteiger partial charge in [0.05, 0.1) is 11.1 Å². The molecule has 33 heavy (non-hydrogen) atoms. The van der Waals surface area contributed by atoms with Crippen molar-refractivity contribution >= 4 is 70.0 Å². The first-order valence-electron chi connectivity index (χ1n) is 9.35. The first-order valence-corrected chi connectivity index (χ1v) is 10.1. The van der Waals surface area contributed by atoms with Gasteiger partial charge in [-0.25, -0.2) is 19.9 Å². The summed E-state index contributed by atoms with van der Waals surface area (Å²) < 4.78 is 2.98. The van der Waals surface area contributed by atoms with Gasteiger partial charge in [0.2, 0.25) is 0 Å². The summed E-state index contributed by atoms with van der Waals surface area (Å²) in [5, 5.41) is 0.754. The van der Waals surface area contributed by atoms with Crippen LogP contribution in [0.4, 0.5) is 5.82 Å². The Morgan fingerprint density at radius 3 is 2.24 bits per heavy atom. The third-order valence-corrected chi connectivity index (χ3v) is 5.52. The van der Waals surface area contributed by atoms with Gasteiger partial charge < -0.3 is 10.3 Å². The third-order valence-electron chi connectivity index (χ3n) is 5.03. The Morgan fingerprint density at radius 1 is 0.848 bits per heavy atom. The van der Waals surface area contributed by atoms with Gasteiger partial charge in [-0.1, -0.05) is 52.3 Å². The van der Waals surface area contributed by atoms with Gasteiger partial charge in [0.25, 0.3) is 0 Å². The van der Waals surface area contributed by atoms with E-state index in [4.69, 9.17) is 10.7 Å². The van der Waals surface area contributed by atoms with Crippen molar-refractivity contribution in [2.45, 2.75) is 0 Å². The Balaban J connectivity index is 0.00000128. The summed E-state index contributed by atoms with van der Waals surface area (Å²) in [6.45, 7) is 0. The largest absolute Gasteiger partial charge is 0.383 e. The molecule has 3 aromatic heterocycles. The highest BCUT2D eigenvalue weighted by Gasteiger charge is 2.14. The van der Waals surface area contributed by atoms with Crippen molar-refractivity contribution in [2.75, 3.05) is 5.73 Å². The lowest BCUT2D eigenvalue weighted by Crippen LogP contribution is -1.99. The van der Waals surface area contributed by atoms with Crippen LogP contribution in [0.5, 0.6) is 0 Å². The SMILES string of the molecule is Cl.Cl.Cl.Cn1ccnc1-c1ccc(-c2cc(-c3cccc(Br)c3)c3c(N)ncnc3n2)cc1. The number of hydrogen-bond donors (Lipinski definition) is 1. The van der Waals surface area contributed by atoms with Crippen LogP contribution < -0.4 is 5.73 Å². The number of nitrogens with zero attached hydrogens (tertiary/aromatic N) is 5. The minimum atomic E-state index is 0. The normalized spacial score (nSPS) is 10.1. The van der Waals surface area contributed by atoms with Gasteiger partial charge in [0.1, 0.15) is 18.0 Å². The lowest BCUT2D eigenvalue weighted by molar-refractivity contribution is 0.925. The zero-order valence-corrected chi connectivity index (χ0v) is 21.4. The maximum absolute atomic E-state index is 6.20. The first kappa shape index (κ1) is 26.5. The Labute approximate surface area is 218 Å². The van der Waals surface area contributed by atoms with Crippen LogP contribution >= 0.6 is 53.2 Å². The molecular weight excluding hydrogens is 547 g/mol. The zero-order chi connectivity index (χ0) is 20.7. The van der Waals surface area contributed by atoms with Crippen LogP contribution in [0.15, 0.2) is 77.8 Å². The van der Waals surface area contributed by atoms with Crippen LogP contribution in [-0.4, -0.2) is 24.5 Å². The lowest BCUT2D eigenvalue weighted by atomic mass is 9.99. The summed E-state index contributed by atoms with van der Waals surface area (Å²) in [5.41, 5.74) is 11.6. The van der Waals surface area contributed by atoms with Crippen LogP contribution in [0.2, 0.25) is 0 Å². The number of halogens is 4. The molecular formula is C23H20BrCl3N6. The van der Waals surface area contributed by atoms with Crippen LogP contribution in [0, 0.1) is 0 Å². The van der Waals surface area contributed by atoms with E-state index in [-0.39, 0.29) is 37.2 Å².